The highest BCUT2D eigenvalue weighted by atomic mass is 79.9. The second-order valence-electron chi connectivity index (χ2n) is 4.82. The van der Waals surface area contributed by atoms with E-state index in [1.807, 2.05) is 0 Å². The van der Waals surface area contributed by atoms with Crippen LogP contribution in [0.1, 0.15) is 20.8 Å². The van der Waals surface area contributed by atoms with Crippen molar-refractivity contribution >= 4 is 37.6 Å². The van der Waals surface area contributed by atoms with Gasteiger partial charge in [-0.15, -0.1) is 0 Å². The highest BCUT2D eigenvalue weighted by Gasteiger charge is 2.29. The van der Waals surface area contributed by atoms with Crippen LogP contribution in [0.3, 0.4) is 0 Å². The molecule has 0 heterocycles. The van der Waals surface area contributed by atoms with Crippen LogP contribution in [0.15, 0.2) is 27.6 Å². The second kappa shape index (κ2) is 6.10. The molecule has 0 amide bonds. The predicted molar refractivity (Wildman–Crippen MR) is 79.9 cm³/mol. The summed E-state index contributed by atoms with van der Waals surface area (Å²) in [6.45, 7) is 5.12. The fraction of sp³-hybridized carbons (Fsp3) is 0.500. The van der Waals surface area contributed by atoms with Crippen LogP contribution < -0.4 is 0 Å². The summed E-state index contributed by atoms with van der Waals surface area (Å²) in [6.07, 6.45) is 0. The Morgan fingerprint density at radius 2 is 2.00 bits per heavy atom. The molecule has 1 aromatic carbocycles. The summed E-state index contributed by atoms with van der Waals surface area (Å²) in [4.78, 5) is 0.0449. The van der Waals surface area contributed by atoms with Crippen molar-refractivity contribution in [3.05, 3.63) is 27.7 Å². The van der Waals surface area contributed by atoms with E-state index in [2.05, 4.69) is 15.9 Å². The van der Waals surface area contributed by atoms with Crippen molar-refractivity contribution in [1.82, 2.24) is 4.31 Å². The molecule has 0 aromatic heterocycles. The number of nitrogens with zero attached hydrogens (tertiary/aromatic N) is 1. The number of hydrogen-bond acceptors (Lipinski definition) is 3. The molecule has 0 radical (unpaired) electrons. The zero-order chi connectivity index (χ0) is 14.8. The molecule has 0 aliphatic rings. The number of rotatable bonds is 5. The van der Waals surface area contributed by atoms with Gasteiger partial charge in [-0.1, -0.05) is 34.5 Å². The predicted octanol–water partition coefficient (Wildman–Crippen LogP) is 2.88. The Balaban J connectivity index is 3.21. The average molecular weight is 371 g/mol. The second-order valence-corrected chi connectivity index (χ2v) is 8.05. The molecule has 7 heteroatoms. The third kappa shape index (κ3) is 4.43. The summed E-state index contributed by atoms with van der Waals surface area (Å²) in [5.74, 6) is 0. The van der Waals surface area contributed by atoms with Crippen LogP contribution >= 0.6 is 27.5 Å². The highest BCUT2D eigenvalue weighted by Crippen LogP contribution is 2.28. The van der Waals surface area contributed by atoms with Gasteiger partial charge in [-0.25, -0.2) is 8.42 Å². The number of likely N-dealkylation sites (N-methyl/N-ethyl adjacent to an activating group) is 1. The van der Waals surface area contributed by atoms with Crippen molar-refractivity contribution in [3.63, 3.8) is 0 Å². The molecule has 4 nitrogen and oxygen atoms in total. The largest absolute Gasteiger partial charge is 0.389 e. The van der Waals surface area contributed by atoms with E-state index in [0.29, 0.717) is 4.47 Å². The van der Waals surface area contributed by atoms with E-state index < -0.39 is 15.6 Å². The first-order valence-electron chi connectivity index (χ1n) is 5.75. The van der Waals surface area contributed by atoms with Crippen LogP contribution in [0, 0.1) is 0 Å². The van der Waals surface area contributed by atoms with Crippen molar-refractivity contribution < 1.29 is 13.5 Å². The third-order valence-corrected chi connectivity index (χ3v) is 5.32. The maximum atomic E-state index is 12.5. The smallest absolute Gasteiger partial charge is 0.244 e. The third-order valence-electron chi connectivity index (χ3n) is 2.43. The zero-order valence-electron chi connectivity index (χ0n) is 11.0. The van der Waals surface area contributed by atoms with Crippen molar-refractivity contribution in [3.8, 4) is 0 Å². The number of halogens is 2. The standard InChI is InChI=1S/C12H17BrClNO3S/c1-4-15(8-12(2,3)16)19(17,18)11-6-5-9(13)7-10(11)14/h5-7,16H,4,8H2,1-3H3. The Morgan fingerprint density at radius 3 is 2.42 bits per heavy atom. The summed E-state index contributed by atoms with van der Waals surface area (Å²) in [7, 11) is -3.71. The maximum Gasteiger partial charge on any atom is 0.244 e. The summed E-state index contributed by atoms with van der Waals surface area (Å²) < 4.78 is 26.9. The molecule has 0 spiro atoms. The molecule has 1 rings (SSSR count). The number of hydrogen-bond donors (Lipinski definition) is 1. The Labute approximate surface area is 127 Å². The van der Waals surface area contributed by atoms with Gasteiger partial charge in [-0.3, -0.25) is 0 Å². The van der Waals surface area contributed by atoms with E-state index in [0.717, 1.165) is 0 Å². The van der Waals surface area contributed by atoms with E-state index in [1.54, 1.807) is 26.8 Å². The molecule has 0 aliphatic heterocycles. The normalized spacial score (nSPS) is 13.0. The number of sulfonamides is 1. The van der Waals surface area contributed by atoms with E-state index in [-0.39, 0.29) is 23.0 Å². The van der Waals surface area contributed by atoms with Crippen LogP contribution in [0.4, 0.5) is 0 Å². The van der Waals surface area contributed by atoms with Gasteiger partial charge in [0.1, 0.15) is 4.90 Å². The lowest BCUT2D eigenvalue weighted by Crippen LogP contribution is -2.42. The molecule has 0 fully saturated rings. The van der Waals surface area contributed by atoms with Gasteiger partial charge in [0, 0.05) is 17.6 Å². The highest BCUT2D eigenvalue weighted by molar-refractivity contribution is 9.10. The molecular weight excluding hydrogens is 354 g/mol. The molecule has 108 valence electrons. The van der Waals surface area contributed by atoms with Gasteiger partial charge in [-0.05, 0) is 32.0 Å². The summed E-state index contributed by atoms with van der Waals surface area (Å²) >= 11 is 9.22. The molecule has 19 heavy (non-hydrogen) atoms. The maximum absolute atomic E-state index is 12.5. The van der Waals surface area contributed by atoms with Gasteiger partial charge in [0.15, 0.2) is 0 Å². The van der Waals surface area contributed by atoms with Crippen LogP contribution in [-0.2, 0) is 10.0 Å². The van der Waals surface area contributed by atoms with E-state index in [4.69, 9.17) is 11.6 Å². The zero-order valence-corrected chi connectivity index (χ0v) is 14.2. The van der Waals surface area contributed by atoms with Gasteiger partial charge < -0.3 is 5.11 Å². The van der Waals surface area contributed by atoms with Crippen molar-refractivity contribution in [1.29, 1.82) is 0 Å². The Morgan fingerprint density at radius 1 is 1.42 bits per heavy atom. The molecule has 0 bridgehead atoms. The summed E-state index contributed by atoms with van der Waals surface area (Å²) in [5, 5.41) is 9.95. The minimum Gasteiger partial charge on any atom is -0.389 e. The number of aliphatic hydroxyl groups is 1. The Bertz CT molecular complexity index is 555. The molecular formula is C12H17BrClNO3S. The minimum atomic E-state index is -3.71. The van der Waals surface area contributed by atoms with Crippen molar-refractivity contribution in [2.75, 3.05) is 13.1 Å². The SMILES string of the molecule is CCN(CC(C)(C)O)S(=O)(=O)c1ccc(Br)cc1Cl. The van der Waals surface area contributed by atoms with Gasteiger partial charge in [0.2, 0.25) is 10.0 Å². The quantitative estimate of drug-likeness (QED) is 0.867. The van der Waals surface area contributed by atoms with Crippen molar-refractivity contribution in [2.45, 2.75) is 31.3 Å². The monoisotopic (exact) mass is 369 g/mol. The van der Waals surface area contributed by atoms with E-state index in [9.17, 15) is 13.5 Å². The molecule has 0 unspecified atom stereocenters. The Hall–Kier alpha value is -0.140. The molecule has 0 atom stereocenters. The molecule has 0 aliphatic carbocycles. The van der Waals surface area contributed by atoms with Gasteiger partial charge in [0.25, 0.3) is 0 Å². The average Bonchev–Trinajstić information content (AvgIpc) is 2.23. The summed E-state index contributed by atoms with van der Waals surface area (Å²) in [6, 6.07) is 4.61. The Kier molecular flexibility index (Phi) is 5.43. The van der Waals surface area contributed by atoms with Gasteiger partial charge in [-0.2, -0.15) is 4.31 Å². The van der Waals surface area contributed by atoms with Crippen LogP contribution in [-0.4, -0.2) is 36.5 Å². The molecule has 1 N–H and O–H groups in total. The first kappa shape index (κ1) is 16.9. The van der Waals surface area contributed by atoms with E-state index in [1.165, 1.54) is 16.4 Å². The van der Waals surface area contributed by atoms with E-state index >= 15 is 0 Å². The first-order valence-corrected chi connectivity index (χ1v) is 8.36. The fourth-order valence-corrected chi connectivity index (χ4v) is 4.24. The van der Waals surface area contributed by atoms with Crippen LogP contribution in [0.2, 0.25) is 5.02 Å². The molecule has 0 saturated carbocycles. The van der Waals surface area contributed by atoms with Gasteiger partial charge in [0.05, 0.1) is 10.6 Å². The van der Waals surface area contributed by atoms with Gasteiger partial charge >= 0.3 is 0 Å². The number of benzene rings is 1. The van der Waals surface area contributed by atoms with Crippen LogP contribution in [0.25, 0.3) is 0 Å². The lowest BCUT2D eigenvalue weighted by molar-refractivity contribution is 0.0601. The minimum absolute atomic E-state index is 0.0121. The fourth-order valence-electron chi connectivity index (χ4n) is 1.62. The first-order chi connectivity index (χ1) is 8.58. The molecule has 1 aromatic rings. The summed E-state index contributed by atoms with van der Waals surface area (Å²) in [5.41, 5.74) is -1.11. The van der Waals surface area contributed by atoms with Crippen molar-refractivity contribution in [2.24, 2.45) is 0 Å². The molecule has 0 saturated heterocycles. The van der Waals surface area contributed by atoms with Crippen LogP contribution in [0.5, 0.6) is 0 Å². The topological polar surface area (TPSA) is 57.6 Å². The lowest BCUT2D eigenvalue weighted by atomic mass is 10.1. The lowest BCUT2D eigenvalue weighted by Gasteiger charge is -2.27.